The molecule has 1 atom stereocenters. The van der Waals surface area contributed by atoms with Gasteiger partial charge in [-0.2, -0.15) is 0 Å². The Labute approximate surface area is 113 Å². The molecule has 1 aromatic carbocycles. The summed E-state index contributed by atoms with van der Waals surface area (Å²) in [7, 11) is 1.62. The number of carbonyl (C=O) groups is 2. The highest BCUT2D eigenvalue weighted by atomic mass is 16.5. The maximum Gasteiger partial charge on any atom is 0.233 e. The number of nitrogens with zero attached hydrogens (tertiary/aromatic N) is 1. The Morgan fingerprint density at radius 1 is 1.26 bits per heavy atom. The highest BCUT2D eigenvalue weighted by Crippen LogP contribution is 2.23. The number of hydrogen-bond donors (Lipinski definition) is 0. The van der Waals surface area contributed by atoms with E-state index in [2.05, 4.69) is 0 Å². The van der Waals surface area contributed by atoms with Gasteiger partial charge < -0.3 is 4.74 Å². The van der Waals surface area contributed by atoms with Crippen molar-refractivity contribution < 1.29 is 14.3 Å². The van der Waals surface area contributed by atoms with Crippen molar-refractivity contribution in [2.24, 2.45) is 5.92 Å². The van der Waals surface area contributed by atoms with E-state index in [-0.39, 0.29) is 17.7 Å². The molecule has 2 rings (SSSR count). The lowest BCUT2D eigenvalue weighted by Crippen LogP contribution is -2.32. The molecule has 4 heteroatoms. The van der Waals surface area contributed by atoms with Gasteiger partial charge in [0.05, 0.1) is 5.92 Å². The third kappa shape index (κ3) is 3.41. The van der Waals surface area contributed by atoms with Gasteiger partial charge in [0.2, 0.25) is 11.8 Å². The summed E-state index contributed by atoms with van der Waals surface area (Å²) in [4.78, 5) is 25.4. The predicted octanol–water partition coefficient (Wildman–Crippen LogP) is 1.64. The van der Waals surface area contributed by atoms with Crippen LogP contribution in [0.5, 0.6) is 0 Å². The summed E-state index contributed by atoms with van der Waals surface area (Å²) in [5.41, 5.74) is 1.10. The van der Waals surface area contributed by atoms with Gasteiger partial charge in [0.25, 0.3) is 0 Å². The lowest BCUT2D eigenvalue weighted by atomic mass is 9.98. The molecule has 19 heavy (non-hydrogen) atoms. The van der Waals surface area contributed by atoms with Gasteiger partial charge in [0.15, 0.2) is 0 Å². The quantitative estimate of drug-likeness (QED) is 0.577. The molecule has 1 heterocycles. The molecule has 1 aliphatic rings. The third-order valence-corrected chi connectivity index (χ3v) is 3.39. The van der Waals surface area contributed by atoms with E-state index >= 15 is 0 Å². The maximum atomic E-state index is 12.2. The number of rotatable bonds is 6. The van der Waals surface area contributed by atoms with Crippen LogP contribution in [0, 0.1) is 5.92 Å². The van der Waals surface area contributed by atoms with Crippen LogP contribution in [-0.2, 0) is 20.7 Å². The van der Waals surface area contributed by atoms with Crippen molar-refractivity contribution in [3.63, 3.8) is 0 Å². The number of likely N-dealkylation sites (tertiary alicyclic amines) is 1. The van der Waals surface area contributed by atoms with E-state index in [0.29, 0.717) is 32.4 Å². The molecule has 1 aromatic rings. The normalized spacial score (nSPS) is 19.2. The second kappa shape index (κ2) is 6.48. The van der Waals surface area contributed by atoms with Crippen molar-refractivity contribution in [3.8, 4) is 0 Å². The Morgan fingerprint density at radius 2 is 2.00 bits per heavy atom. The van der Waals surface area contributed by atoms with Gasteiger partial charge in [-0.05, 0) is 18.4 Å². The second-order valence-electron chi connectivity index (χ2n) is 4.82. The number of hydrogen-bond acceptors (Lipinski definition) is 3. The first kappa shape index (κ1) is 13.7. The number of methoxy groups -OCH3 is 1. The summed E-state index contributed by atoms with van der Waals surface area (Å²) in [6, 6.07) is 9.83. The van der Waals surface area contributed by atoms with Crippen molar-refractivity contribution in [2.45, 2.75) is 19.3 Å². The molecule has 0 aliphatic carbocycles. The Balaban J connectivity index is 1.94. The summed E-state index contributed by atoms with van der Waals surface area (Å²) >= 11 is 0. The van der Waals surface area contributed by atoms with E-state index in [1.807, 2.05) is 30.3 Å². The average molecular weight is 261 g/mol. The van der Waals surface area contributed by atoms with Crippen LogP contribution in [0.3, 0.4) is 0 Å². The van der Waals surface area contributed by atoms with Crippen LogP contribution in [0.25, 0.3) is 0 Å². The highest BCUT2D eigenvalue weighted by molar-refractivity contribution is 6.03. The summed E-state index contributed by atoms with van der Waals surface area (Å²) in [6.45, 7) is 1.04. The summed E-state index contributed by atoms with van der Waals surface area (Å²) in [5, 5.41) is 0. The summed E-state index contributed by atoms with van der Waals surface area (Å²) < 4.78 is 4.95. The molecule has 1 saturated heterocycles. The highest BCUT2D eigenvalue weighted by Gasteiger charge is 2.37. The van der Waals surface area contributed by atoms with Crippen molar-refractivity contribution in [1.82, 2.24) is 4.90 Å². The zero-order valence-corrected chi connectivity index (χ0v) is 11.2. The van der Waals surface area contributed by atoms with Gasteiger partial charge in [-0.1, -0.05) is 30.3 Å². The Bertz CT molecular complexity index is 444. The van der Waals surface area contributed by atoms with Crippen LogP contribution in [0.2, 0.25) is 0 Å². The van der Waals surface area contributed by atoms with Crippen LogP contribution in [0.1, 0.15) is 18.4 Å². The Kier molecular flexibility index (Phi) is 4.68. The Hall–Kier alpha value is -1.68. The van der Waals surface area contributed by atoms with Crippen LogP contribution in [0.15, 0.2) is 30.3 Å². The van der Waals surface area contributed by atoms with Crippen molar-refractivity contribution in [3.05, 3.63) is 35.9 Å². The first-order valence-electron chi connectivity index (χ1n) is 6.59. The van der Waals surface area contributed by atoms with Gasteiger partial charge in [-0.3, -0.25) is 14.5 Å². The van der Waals surface area contributed by atoms with Crippen molar-refractivity contribution in [1.29, 1.82) is 0 Å². The molecular formula is C15H19NO3. The maximum absolute atomic E-state index is 12.2. The minimum atomic E-state index is -0.197. The molecule has 1 fully saturated rings. The fourth-order valence-corrected chi connectivity index (χ4v) is 2.41. The monoisotopic (exact) mass is 261 g/mol. The Morgan fingerprint density at radius 3 is 2.68 bits per heavy atom. The molecule has 0 spiro atoms. The molecule has 4 nitrogen and oxygen atoms in total. The number of imide groups is 1. The fraction of sp³-hybridized carbons (Fsp3) is 0.467. The van der Waals surface area contributed by atoms with Crippen LogP contribution < -0.4 is 0 Å². The van der Waals surface area contributed by atoms with E-state index in [4.69, 9.17) is 4.74 Å². The van der Waals surface area contributed by atoms with Crippen LogP contribution in [0.4, 0.5) is 0 Å². The number of carbonyl (C=O) groups excluding carboxylic acids is 2. The fourth-order valence-electron chi connectivity index (χ4n) is 2.41. The SMILES string of the molecule is COCCCN1C(=O)CC(Cc2ccccc2)C1=O. The largest absolute Gasteiger partial charge is 0.385 e. The van der Waals surface area contributed by atoms with E-state index in [0.717, 1.165) is 5.56 Å². The topological polar surface area (TPSA) is 46.6 Å². The van der Waals surface area contributed by atoms with Gasteiger partial charge >= 0.3 is 0 Å². The van der Waals surface area contributed by atoms with Gasteiger partial charge in [0, 0.05) is 26.7 Å². The lowest BCUT2D eigenvalue weighted by molar-refractivity contribution is -0.139. The van der Waals surface area contributed by atoms with Crippen LogP contribution in [-0.4, -0.2) is 37.0 Å². The standard InChI is InChI=1S/C15H19NO3/c1-19-9-5-8-16-14(17)11-13(15(16)18)10-12-6-3-2-4-7-12/h2-4,6-7,13H,5,8-11H2,1H3. The molecular weight excluding hydrogens is 242 g/mol. The smallest absolute Gasteiger partial charge is 0.233 e. The first-order valence-corrected chi connectivity index (χ1v) is 6.59. The summed E-state index contributed by atoms with van der Waals surface area (Å²) in [5.74, 6) is -0.288. The van der Waals surface area contributed by atoms with Crippen molar-refractivity contribution >= 4 is 11.8 Å². The van der Waals surface area contributed by atoms with Crippen LogP contribution >= 0.6 is 0 Å². The zero-order valence-electron chi connectivity index (χ0n) is 11.2. The molecule has 0 N–H and O–H groups in total. The van der Waals surface area contributed by atoms with E-state index in [9.17, 15) is 9.59 Å². The first-order chi connectivity index (χ1) is 9.22. The molecule has 0 radical (unpaired) electrons. The van der Waals surface area contributed by atoms with E-state index in [1.54, 1.807) is 7.11 Å². The average Bonchev–Trinajstić information content (AvgIpc) is 2.68. The predicted molar refractivity (Wildman–Crippen MR) is 71.5 cm³/mol. The van der Waals surface area contributed by atoms with E-state index < -0.39 is 0 Å². The zero-order chi connectivity index (χ0) is 13.7. The number of amides is 2. The molecule has 2 amide bonds. The minimum Gasteiger partial charge on any atom is -0.385 e. The second-order valence-corrected chi connectivity index (χ2v) is 4.82. The van der Waals surface area contributed by atoms with E-state index in [1.165, 1.54) is 4.90 Å². The minimum absolute atomic E-state index is 0.0371. The number of benzene rings is 1. The molecule has 1 unspecified atom stereocenters. The number of ether oxygens (including phenoxy) is 1. The third-order valence-electron chi connectivity index (χ3n) is 3.39. The lowest BCUT2D eigenvalue weighted by Gasteiger charge is -2.14. The molecule has 0 bridgehead atoms. The van der Waals surface area contributed by atoms with Crippen molar-refractivity contribution in [2.75, 3.05) is 20.3 Å². The molecule has 0 saturated carbocycles. The summed E-state index contributed by atoms with van der Waals surface area (Å²) in [6.07, 6.45) is 1.68. The molecule has 102 valence electrons. The molecule has 0 aromatic heterocycles. The van der Waals surface area contributed by atoms with Gasteiger partial charge in [-0.25, -0.2) is 0 Å². The van der Waals surface area contributed by atoms with Gasteiger partial charge in [-0.15, -0.1) is 0 Å². The van der Waals surface area contributed by atoms with Gasteiger partial charge in [0.1, 0.15) is 0 Å². The molecule has 1 aliphatic heterocycles.